The van der Waals surface area contributed by atoms with Gasteiger partial charge in [0.25, 0.3) is 0 Å². The lowest BCUT2D eigenvalue weighted by molar-refractivity contribution is -0.151. The minimum atomic E-state index is -0.799. The third-order valence-corrected chi connectivity index (χ3v) is 4.66. The van der Waals surface area contributed by atoms with E-state index in [9.17, 15) is 14.7 Å². The molecule has 102 valence electrons. The van der Waals surface area contributed by atoms with Crippen LogP contribution in [0.3, 0.4) is 0 Å². The summed E-state index contributed by atoms with van der Waals surface area (Å²) in [6.07, 6.45) is 7.63. The number of carbonyl (C=O) groups excluding carboxylic acids is 1. The van der Waals surface area contributed by atoms with Crippen molar-refractivity contribution in [1.82, 2.24) is 5.32 Å². The predicted molar refractivity (Wildman–Crippen MR) is 68.2 cm³/mol. The first-order valence-corrected chi connectivity index (χ1v) is 7.00. The zero-order valence-electron chi connectivity index (χ0n) is 11.1. The molecule has 2 aliphatic rings. The first-order chi connectivity index (χ1) is 8.46. The fourth-order valence-electron chi connectivity index (χ4n) is 3.49. The monoisotopic (exact) mass is 253 g/mol. The van der Waals surface area contributed by atoms with Gasteiger partial charge in [0.2, 0.25) is 5.91 Å². The fourth-order valence-corrected chi connectivity index (χ4v) is 3.49. The van der Waals surface area contributed by atoms with Crippen LogP contribution < -0.4 is 5.32 Å². The molecule has 0 aromatic rings. The van der Waals surface area contributed by atoms with Gasteiger partial charge in [-0.15, -0.1) is 0 Å². The SMILES string of the molecule is CC1(NC(=O)CC2(C(=O)O)CCCC2)CCCC1. The number of carboxylic acid groups (broad SMARTS) is 1. The average Bonchev–Trinajstić information content (AvgIpc) is 2.88. The smallest absolute Gasteiger partial charge is 0.310 e. The molecule has 0 unspecified atom stereocenters. The third kappa shape index (κ3) is 2.68. The summed E-state index contributed by atoms with van der Waals surface area (Å²) in [5.74, 6) is -0.879. The molecule has 0 saturated heterocycles. The van der Waals surface area contributed by atoms with Crippen molar-refractivity contribution in [2.75, 3.05) is 0 Å². The van der Waals surface area contributed by atoms with Gasteiger partial charge >= 0.3 is 5.97 Å². The van der Waals surface area contributed by atoms with E-state index in [1.165, 1.54) is 0 Å². The molecule has 2 fully saturated rings. The van der Waals surface area contributed by atoms with E-state index in [1.807, 2.05) is 0 Å². The second-order valence-electron chi connectivity index (χ2n) is 6.29. The van der Waals surface area contributed by atoms with Crippen molar-refractivity contribution in [3.05, 3.63) is 0 Å². The number of nitrogens with one attached hydrogen (secondary N) is 1. The highest BCUT2D eigenvalue weighted by atomic mass is 16.4. The van der Waals surface area contributed by atoms with E-state index < -0.39 is 11.4 Å². The summed E-state index contributed by atoms with van der Waals surface area (Å²) >= 11 is 0. The van der Waals surface area contributed by atoms with E-state index in [2.05, 4.69) is 12.2 Å². The molecule has 2 N–H and O–H groups in total. The predicted octanol–water partition coefficient (Wildman–Crippen LogP) is 2.47. The minimum absolute atomic E-state index is 0.0799. The van der Waals surface area contributed by atoms with Crippen LogP contribution in [0.5, 0.6) is 0 Å². The number of amides is 1. The number of hydrogen-bond acceptors (Lipinski definition) is 2. The fraction of sp³-hybridized carbons (Fsp3) is 0.857. The van der Waals surface area contributed by atoms with Gasteiger partial charge in [-0.25, -0.2) is 0 Å². The molecule has 2 rings (SSSR count). The van der Waals surface area contributed by atoms with Crippen molar-refractivity contribution in [3.63, 3.8) is 0 Å². The zero-order valence-corrected chi connectivity index (χ0v) is 11.1. The van der Waals surface area contributed by atoms with Crippen LogP contribution in [0, 0.1) is 5.41 Å². The molecule has 1 amide bonds. The Morgan fingerprint density at radius 1 is 1.06 bits per heavy atom. The van der Waals surface area contributed by atoms with Crippen molar-refractivity contribution < 1.29 is 14.7 Å². The average molecular weight is 253 g/mol. The van der Waals surface area contributed by atoms with Gasteiger partial charge in [-0.1, -0.05) is 25.7 Å². The molecule has 0 atom stereocenters. The number of rotatable bonds is 4. The third-order valence-electron chi connectivity index (χ3n) is 4.66. The van der Waals surface area contributed by atoms with Crippen LogP contribution in [0.2, 0.25) is 0 Å². The molecule has 0 aromatic heterocycles. The van der Waals surface area contributed by atoms with Crippen LogP contribution in [-0.2, 0) is 9.59 Å². The molecule has 0 radical (unpaired) electrons. The van der Waals surface area contributed by atoms with Gasteiger partial charge in [0.15, 0.2) is 0 Å². The van der Waals surface area contributed by atoms with Crippen LogP contribution in [0.1, 0.15) is 64.7 Å². The minimum Gasteiger partial charge on any atom is -0.481 e. The molecule has 18 heavy (non-hydrogen) atoms. The molecule has 2 saturated carbocycles. The van der Waals surface area contributed by atoms with Crippen LogP contribution in [0.15, 0.2) is 0 Å². The molecule has 0 spiro atoms. The van der Waals surface area contributed by atoms with Gasteiger partial charge in [0, 0.05) is 12.0 Å². The van der Waals surface area contributed by atoms with E-state index in [4.69, 9.17) is 0 Å². The van der Waals surface area contributed by atoms with Crippen molar-refractivity contribution in [3.8, 4) is 0 Å². The Labute approximate surface area is 108 Å². The number of carboxylic acids is 1. The van der Waals surface area contributed by atoms with E-state index in [1.54, 1.807) is 0 Å². The van der Waals surface area contributed by atoms with E-state index in [-0.39, 0.29) is 17.9 Å². The quantitative estimate of drug-likeness (QED) is 0.808. The lowest BCUT2D eigenvalue weighted by Crippen LogP contribution is -2.46. The molecule has 4 heteroatoms. The summed E-state index contributed by atoms with van der Waals surface area (Å²) in [4.78, 5) is 23.5. The molecule has 2 aliphatic carbocycles. The Morgan fingerprint density at radius 2 is 1.56 bits per heavy atom. The highest BCUT2D eigenvalue weighted by molar-refractivity contribution is 5.85. The van der Waals surface area contributed by atoms with Crippen molar-refractivity contribution in [2.24, 2.45) is 5.41 Å². The number of carbonyl (C=O) groups is 2. The Balaban J connectivity index is 1.95. The van der Waals surface area contributed by atoms with Crippen LogP contribution in [0.25, 0.3) is 0 Å². The topological polar surface area (TPSA) is 66.4 Å². The standard InChI is InChI=1S/C14H23NO3/c1-13(6-2-3-7-13)15-11(16)10-14(12(17)18)8-4-5-9-14/h2-10H2,1H3,(H,15,16)(H,17,18). The van der Waals surface area contributed by atoms with Crippen LogP contribution >= 0.6 is 0 Å². The molecular weight excluding hydrogens is 230 g/mol. The van der Waals surface area contributed by atoms with Crippen LogP contribution in [0.4, 0.5) is 0 Å². The molecule has 0 bridgehead atoms. The van der Waals surface area contributed by atoms with Gasteiger partial charge in [-0.3, -0.25) is 9.59 Å². The van der Waals surface area contributed by atoms with Crippen molar-refractivity contribution >= 4 is 11.9 Å². The van der Waals surface area contributed by atoms with E-state index in [0.29, 0.717) is 12.8 Å². The van der Waals surface area contributed by atoms with Gasteiger partial charge in [-0.05, 0) is 32.6 Å². The molecule has 0 aliphatic heterocycles. The Kier molecular flexibility index (Phi) is 3.64. The largest absolute Gasteiger partial charge is 0.481 e. The summed E-state index contributed by atoms with van der Waals surface area (Å²) in [7, 11) is 0. The first kappa shape index (κ1) is 13.4. The summed E-state index contributed by atoms with van der Waals surface area (Å²) in [6.45, 7) is 2.07. The zero-order chi connectivity index (χ0) is 13.2. The molecule has 0 aromatic carbocycles. The first-order valence-electron chi connectivity index (χ1n) is 7.00. The molecule has 4 nitrogen and oxygen atoms in total. The number of hydrogen-bond donors (Lipinski definition) is 2. The maximum Gasteiger partial charge on any atom is 0.310 e. The maximum atomic E-state index is 12.1. The Hall–Kier alpha value is -1.06. The van der Waals surface area contributed by atoms with Crippen molar-refractivity contribution in [2.45, 2.75) is 70.3 Å². The normalized spacial score (nSPS) is 24.9. The van der Waals surface area contributed by atoms with E-state index >= 15 is 0 Å². The van der Waals surface area contributed by atoms with Crippen molar-refractivity contribution in [1.29, 1.82) is 0 Å². The van der Waals surface area contributed by atoms with Gasteiger partial charge < -0.3 is 10.4 Å². The summed E-state index contributed by atoms with van der Waals surface area (Å²) < 4.78 is 0. The lowest BCUT2D eigenvalue weighted by Gasteiger charge is -2.29. The molecular formula is C14H23NO3. The Bertz CT molecular complexity index is 339. The van der Waals surface area contributed by atoms with Gasteiger partial charge in [0.1, 0.15) is 0 Å². The summed E-state index contributed by atoms with van der Waals surface area (Å²) in [5.41, 5.74) is -0.894. The van der Waals surface area contributed by atoms with E-state index in [0.717, 1.165) is 38.5 Å². The summed E-state index contributed by atoms with van der Waals surface area (Å²) in [5, 5.41) is 12.4. The second-order valence-corrected chi connectivity index (χ2v) is 6.29. The highest BCUT2D eigenvalue weighted by Gasteiger charge is 2.44. The highest BCUT2D eigenvalue weighted by Crippen LogP contribution is 2.41. The lowest BCUT2D eigenvalue weighted by atomic mass is 9.82. The second kappa shape index (κ2) is 4.90. The number of aliphatic carboxylic acids is 1. The van der Waals surface area contributed by atoms with Gasteiger partial charge in [0.05, 0.1) is 5.41 Å². The van der Waals surface area contributed by atoms with Crippen LogP contribution in [-0.4, -0.2) is 22.5 Å². The molecule has 0 heterocycles. The summed E-state index contributed by atoms with van der Waals surface area (Å²) in [6, 6.07) is 0. The maximum absolute atomic E-state index is 12.1. The Morgan fingerprint density at radius 3 is 2.06 bits per heavy atom. The van der Waals surface area contributed by atoms with Gasteiger partial charge in [-0.2, -0.15) is 0 Å².